The maximum Gasteiger partial charge on any atom is 0.419 e. The molecule has 1 atom stereocenters. The Bertz CT molecular complexity index is 1470. The topological polar surface area (TPSA) is 79.2 Å². The molecular formula is C34H44N2O6. The van der Waals surface area contributed by atoms with E-state index in [-0.39, 0.29) is 17.4 Å². The number of nitrogens with zero attached hydrogens (tertiary/aromatic N) is 2. The molecule has 5 rings (SSSR count). The highest BCUT2D eigenvalue weighted by atomic mass is 16.6. The molecule has 2 fully saturated rings. The Morgan fingerprint density at radius 2 is 1.67 bits per heavy atom. The number of carbonyl (C=O) groups excluding carboxylic acids is 2. The van der Waals surface area contributed by atoms with E-state index in [9.17, 15) is 9.59 Å². The monoisotopic (exact) mass is 576 g/mol. The number of carbonyl (C=O) groups is 2. The molecule has 1 spiro atoms. The minimum atomic E-state index is -0.599. The summed E-state index contributed by atoms with van der Waals surface area (Å²) in [6, 6.07) is 12.0. The van der Waals surface area contributed by atoms with Crippen molar-refractivity contribution < 1.29 is 28.5 Å². The Hall–Kier alpha value is -3.36. The van der Waals surface area contributed by atoms with E-state index in [1.165, 1.54) is 0 Å². The van der Waals surface area contributed by atoms with Gasteiger partial charge in [0.15, 0.2) is 0 Å². The van der Waals surface area contributed by atoms with E-state index >= 15 is 0 Å². The Kier molecular flexibility index (Phi) is 7.92. The van der Waals surface area contributed by atoms with Crippen molar-refractivity contribution in [3.05, 3.63) is 64.8 Å². The van der Waals surface area contributed by atoms with Gasteiger partial charge in [0.1, 0.15) is 17.0 Å². The minimum absolute atomic E-state index is 0.129. The largest absolute Gasteiger partial charge is 0.496 e. The van der Waals surface area contributed by atoms with Gasteiger partial charge in [-0.1, -0.05) is 12.1 Å². The van der Waals surface area contributed by atoms with Crippen LogP contribution in [0.5, 0.6) is 5.75 Å². The highest BCUT2D eigenvalue weighted by molar-refractivity contribution is 5.95. The number of benzene rings is 2. The van der Waals surface area contributed by atoms with E-state index in [0.717, 1.165) is 65.9 Å². The van der Waals surface area contributed by atoms with E-state index < -0.39 is 17.3 Å². The quantitative estimate of drug-likeness (QED) is 0.301. The molecule has 1 unspecified atom stereocenters. The lowest BCUT2D eigenvalue weighted by atomic mass is 9.72. The Balaban J connectivity index is 1.49. The number of methoxy groups -OCH3 is 1. The first-order chi connectivity index (χ1) is 19.7. The van der Waals surface area contributed by atoms with E-state index in [1.807, 2.05) is 72.7 Å². The molecular weight excluding hydrogens is 532 g/mol. The van der Waals surface area contributed by atoms with Crippen LogP contribution in [0.25, 0.3) is 10.9 Å². The number of likely N-dealkylation sites (tertiary alicyclic amines) is 1. The second-order valence-corrected chi connectivity index (χ2v) is 13.9. The average Bonchev–Trinajstić information content (AvgIpc) is 3.34. The zero-order valence-corrected chi connectivity index (χ0v) is 26.2. The normalized spacial score (nSPS) is 19.0. The predicted molar refractivity (Wildman–Crippen MR) is 162 cm³/mol. The van der Waals surface area contributed by atoms with Crippen molar-refractivity contribution in [2.75, 3.05) is 26.9 Å². The number of rotatable bonds is 5. The molecule has 8 heteroatoms. The molecule has 2 aromatic carbocycles. The van der Waals surface area contributed by atoms with Gasteiger partial charge < -0.3 is 18.9 Å². The first-order valence-corrected chi connectivity index (χ1v) is 14.7. The van der Waals surface area contributed by atoms with Crippen LogP contribution in [0, 0.1) is 12.3 Å². The van der Waals surface area contributed by atoms with Crippen LogP contribution in [0.2, 0.25) is 0 Å². The number of esters is 1. The number of fused-ring (bicyclic) bond motifs is 1. The molecule has 42 heavy (non-hydrogen) atoms. The zero-order valence-electron chi connectivity index (χ0n) is 26.2. The maximum absolute atomic E-state index is 13.1. The third-order valence-corrected chi connectivity index (χ3v) is 8.14. The number of hydrogen-bond acceptors (Lipinski definition) is 7. The van der Waals surface area contributed by atoms with Crippen LogP contribution in [0.3, 0.4) is 0 Å². The van der Waals surface area contributed by atoms with Gasteiger partial charge in [-0.05, 0) is 103 Å². The maximum atomic E-state index is 13.1. The number of aromatic nitrogens is 1. The van der Waals surface area contributed by atoms with Gasteiger partial charge in [0.2, 0.25) is 0 Å². The Morgan fingerprint density at radius 1 is 1.00 bits per heavy atom. The van der Waals surface area contributed by atoms with Crippen molar-refractivity contribution >= 4 is 23.0 Å². The molecule has 8 nitrogen and oxygen atoms in total. The van der Waals surface area contributed by atoms with Crippen molar-refractivity contribution in [1.29, 1.82) is 0 Å². The standard InChI is InChI=1S/C34H44N2O6/c1-22-17-28(39-8)26(25-13-15-36(29(22)25)31(38)42-33(5,6)7)19-35-16-14-34(20-40-21-34)18-27(35)23-9-11-24(12-10-23)30(37)41-32(2,3)4/h9-13,15,17,27H,14,16,18-21H2,1-8H3. The van der Waals surface area contributed by atoms with E-state index in [2.05, 4.69) is 17.0 Å². The third-order valence-electron chi connectivity index (χ3n) is 8.14. The number of piperidine rings is 1. The van der Waals surface area contributed by atoms with Gasteiger partial charge in [-0.2, -0.15) is 0 Å². The number of aryl methyl sites for hydroxylation is 1. The summed E-state index contributed by atoms with van der Waals surface area (Å²) in [5.74, 6) is 0.480. The summed E-state index contributed by atoms with van der Waals surface area (Å²) in [5, 5.41) is 0.976. The first kappa shape index (κ1) is 30.1. The van der Waals surface area contributed by atoms with Crippen LogP contribution >= 0.6 is 0 Å². The summed E-state index contributed by atoms with van der Waals surface area (Å²) in [6.07, 6.45) is 3.41. The van der Waals surface area contributed by atoms with Crippen LogP contribution in [0.15, 0.2) is 42.6 Å². The summed E-state index contributed by atoms with van der Waals surface area (Å²) in [4.78, 5) is 28.3. The van der Waals surface area contributed by atoms with Crippen LogP contribution < -0.4 is 4.74 Å². The molecule has 3 heterocycles. The van der Waals surface area contributed by atoms with Crippen LogP contribution in [-0.4, -0.2) is 59.6 Å². The van der Waals surface area contributed by atoms with Gasteiger partial charge in [0, 0.05) is 35.1 Å². The fourth-order valence-corrected chi connectivity index (χ4v) is 6.10. The molecule has 3 aromatic rings. The third kappa shape index (κ3) is 6.20. The van der Waals surface area contributed by atoms with Gasteiger partial charge in [-0.15, -0.1) is 0 Å². The SMILES string of the molecule is COc1cc(C)c2c(ccn2C(=O)OC(C)(C)C)c1CN1CCC2(COC2)CC1c1ccc(C(=O)OC(C)(C)C)cc1. The Morgan fingerprint density at radius 3 is 2.24 bits per heavy atom. The fourth-order valence-electron chi connectivity index (χ4n) is 6.10. The van der Waals surface area contributed by atoms with E-state index in [1.54, 1.807) is 17.9 Å². The van der Waals surface area contributed by atoms with Gasteiger partial charge >= 0.3 is 12.1 Å². The van der Waals surface area contributed by atoms with Crippen LogP contribution in [0.1, 0.15) is 87.5 Å². The van der Waals surface area contributed by atoms with Crippen LogP contribution in [-0.2, 0) is 20.8 Å². The summed E-state index contributed by atoms with van der Waals surface area (Å²) >= 11 is 0. The number of ether oxygens (including phenoxy) is 4. The second kappa shape index (κ2) is 11.0. The van der Waals surface area contributed by atoms with Gasteiger partial charge in [-0.25, -0.2) is 9.59 Å². The van der Waals surface area contributed by atoms with Gasteiger partial charge in [0.05, 0.1) is 31.4 Å². The van der Waals surface area contributed by atoms with Crippen molar-refractivity contribution in [3.8, 4) is 5.75 Å². The highest BCUT2D eigenvalue weighted by Crippen LogP contribution is 2.47. The van der Waals surface area contributed by atoms with E-state index in [0.29, 0.717) is 12.1 Å². The molecule has 0 radical (unpaired) electrons. The van der Waals surface area contributed by atoms with Crippen molar-refractivity contribution in [3.63, 3.8) is 0 Å². The fraction of sp³-hybridized carbons (Fsp3) is 0.529. The summed E-state index contributed by atoms with van der Waals surface area (Å²) in [6.45, 7) is 16.3. The molecule has 0 aliphatic carbocycles. The molecule has 2 aliphatic rings. The minimum Gasteiger partial charge on any atom is -0.496 e. The predicted octanol–water partition coefficient (Wildman–Crippen LogP) is 7.05. The first-order valence-electron chi connectivity index (χ1n) is 14.7. The lowest BCUT2D eigenvalue weighted by Gasteiger charge is -2.51. The molecule has 0 N–H and O–H groups in total. The molecule has 0 bridgehead atoms. The smallest absolute Gasteiger partial charge is 0.419 e. The molecule has 1 aromatic heterocycles. The summed E-state index contributed by atoms with van der Waals surface area (Å²) in [5.41, 5.74) is 3.55. The molecule has 0 amide bonds. The number of hydrogen-bond donors (Lipinski definition) is 0. The van der Waals surface area contributed by atoms with Crippen molar-refractivity contribution in [2.45, 2.75) is 85.1 Å². The van der Waals surface area contributed by atoms with Crippen molar-refractivity contribution in [2.24, 2.45) is 5.41 Å². The molecule has 2 aliphatic heterocycles. The second-order valence-electron chi connectivity index (χ2n) is 13.9. The van der Waals surface area contributed by atoms with E-state index in [4.69, 9.17) is 18.9 Å². The van der Waals surface area contributed by atoms with Crippen LogP contribution in [0.4, 0.5) is 4.79 Å². The average molecular weight is 577 g/mol. The zero-order chi connectivity index (χ0) is 30.4. The Labute approximate surface area is 248 Å². The molecule has 2 saturated heterocycles. The molecule has 226 valence electrons. The molecule has 0 saturated carbocycles. The lowest BCUT2D eigenvalue weighted by Crippen LogP contribution is -2.51. The summed E-state index contributed by atoms with van der Waals surface area (Å²) < 4.78 is 24.4. The van der Waals surface area contributed by atoms with Gasteiger partial charge in [-0.3, -0.25) is 9.47 Å². The lowest BCUT2D eigenvalue weighted by molar-refractivity contribution is -0.153. The summed E-state index contributed by atoms with van der Waals surface area (Å²) in [7, 11) is 1.69. The van der Waals surface area contributed by atoms with Crippen molar-refractivity contribution in [1.82, 2.24) is 9.47 Å². The van der Waals surface area contributed by atoms with Gasteiger partial charge in [0.25, 0.3) is 0 Å². The highest BCUT2D eigenvalue weighted by Gasteiger charge is 2.45.